The van der Waals surface area contributed by atoms with Crippen molar-refractivity contribution in [2.75, 3.05) is 7.05 Å². The summed E-state index contributed by atoms with van der Waals surface area (Å²) in [6.07, 6.45) is 0.959. The highest BCUT2D eigenvalue weighted by molar-refractivity contribution is 5.74. The number of hydrogen-bond acceptors (Lipinski definition) is 1. The molecule has 1 N–H and O–H groups in total. The minimum Gasteiger partial charge on any atom is -0.341 e. The molecule has 88 valence electrons. The molecule has 0 aliphatic carbocycles. The van der Waals surface area contributed by atoms with E-state index in [1.54, 1.807) is 7.05 Å². The zero-order valence-electron chi connectivity index (χ0n) is 10.2. The van der Waals surface area contributed by atoms with Crippen molar-refractivity contribution in [3.05, 3.63) is 35.9 Å². The van der Waals surface area contributed by atoms with Crippen molar-refractivity contribution in [2.24, 2.45) is 0 Å². The summed E-state index contributed by atoms with van der Waals surface area (Å²) in [6.45, 7) is 4.82. The molecule has 0 aromatic heterocycles. The Balaban J connectivity index is 2.75. The highest BCUT2D eigenvalue weighted by atomic mass is 16.2. The third-order valence-electron chi connectivity index (χ3n) is 2.79. The minimum absolute atomic E-state index is 0.0156. The molecule has 16 heavy (non-hydrogen) atoms. The fourth-order valence-electron chi connectivity index (χ4n) is 1.57. The van der Waals surface area contributed by atoms with Gasteiger partial charge >= 0.3 is 6.03 Å². The van der Waals surface area contributed by atoms with Crippen molar-refractivity contribution in [1.29, 1.82) is 0 Å². The van der Waals surface area contributed by atoms with Gasteiger partial charge in [-0.3, -0.25) is 0 Å². The molecule has 3 heteroatoms. The second kappa shape index (κ2) is 6.16. The molecule has 0 radical (unpaired) electrons. The third-order valence-corrected chi connectivity index (χ3v) is 2.79. The first kappa shape index (κ1) is 12.6. The van der Waals surface area contributed by atoms with Gasteiger partial charge in [0, 0.05) is 19.6 Å². The van der Waals surface area contributed by atoms with Crippen molar-refractivity contribution in [3.8, 4) is 0 Å². The number of rotatable bonds is 4. The lowest BCUT2D eigenvalue weighted by Crippen LogP contribution is -2.42. The van der Waals surface area contributed by atoms with Crippen LogP contribution in [0.2, 0.25) is 0 Å². The van der Waals surface area contributed by atoms with Crippen LogP contribution in [0.15, 0.2) is 30.3 Å². The van der Waals surface area contributed by atoms with Gasteiger partial charge in [-0.1, -0.05) is 37.3 Å². The van der Waals surface area contributed by atoms with Crippen LogP contribution >= 0.6 is 0 Å². The maximum Gasteiger partial charge on any atom is 0.317 e. The Hall–Kier alpha value is -1.51. The summed E-state index contributed by atoms with van der Waals surface area (Å²) in [6, 6.07) is 10.3. The van der Waals surface area contributed by atoms with Gasteiger partial charge in [-0.2, -0.15) is 0 Å². The molecule has 1 aromatic rings. The fourth-order valence-corrected chi connectivity index (χ4v) is 1.57. The third kappa shape index (κ3) is 3.26. The molecular weight excluding hydrogens is 200 g/mol. The van der Waals surface area contributed by atoms with E-state index in [0.717, 1.165) is 12.0 Å². The smallest absolute Gasteiger partial charge is 0.317 e. The average molecular weight is 220 g/mol. The molecule has 1 rings (SSSR count). The lowest BCUT2D eigenvalue weighted by atomic mass is 10.1. The predicted molar refractivity (Wildman–Crippen MR) is 66.2 cm³/mol. The topological polar surface area (TPSA) is 32.3 Å². The van der Waals surface area contributed by atoms with Gasteiger partial charge in [0.15, 0.2) is 0 Å². The standard InChI is InChI=1S/C13H20N2O/c1-4-11(2)15(13(16)14-3)10-12-8-6-5-7-9-12/h5-9,11H,4,10H2,1-3H3,(H,14,16). The summed E-state index contributed by atoms with van der Waals surface area (Å²) in [5.41, 5.74) is 1.16. The van der Waals surface area contributed by atoms with E-state index in [4.69, 9.17) is 0 Å². The highest BCUT2D eigenvalue weighted by Crippen LogP contribution is 2.10. The first-order valence-electron chi connectivity index (χ1n) is 5.71. The summed E-state index contributed by atoms with van der Waals surface area (Å²) in [4.78, 5) is 13.6. The molecule has 1 atom stereocenters. The Kier molecular flexibility index (Phi) is 4.83. The van der Waals surface area contributed by atoms with Crippen molar-refractivity contribution in [3.63, 3.8) is 0 Å². The zero-order chi connectivity index (χ0) is 12.0. The van der Waals surface area contributed by atoms with Gasteiger partial charge in [0.2, 0.25) is 0 Å². The van der Waals surface area contributed by atoms with E-state index in [1.165, 1.54) is 0 Å². The molecular formula is C13H20N2O. The van der Waals surface area contributed by atoms with E-state index in [9.17, 15) is 4.79 Å². The van der Waals surface area contributed by atoms with Gasteiger partial charge in [0.1, 0.15) is 0 Å². The Bertz CT molecular complexity index is 324. The number of nitrogens with one attached hydrogen (secondary N) is 1. The van der Waals surface area contributed by atoms with Crippen molar-refractivity contribution < 1.29 is 4.79 Å². The van der Waals surface area contributed by atoms with E-state index < -0.39 is 0 Å². The highest BCUT2D eigenvalue weighted by Gasteiger charge is 2.17. The second-order valence-corrected chi connectivity index (χ2v) is 3.93. The average Bonchev–Trinajstić information content (AvgIpc) is 2.35. The Labute approximate surface area is 97.5 Å². The van der Waals surface area contributed by atoms with Gasteiger partial charge in [-0.25, -0.2) is 4.79 Å². The van der Waals surface area contributed by atoms with Crippen LogP contribution in [0, 0.1) is 0 Å². The molecule has 1 unspecified atom stereocenters. The van der Waals surface area contributed by atoms with Crippen LogP contribution in [0.3, 0.4) is 0 Å². The lowest BCUT2D eigenvalue weighted by molar-refractivity contribution is 0.175. The number of nitrogens with zero attached hydrogens (tertiary/aromatic N) is 1. The Morgan fingerprint density at radius 3 is 2.50 bits per heavy atom. The predicted octanol–water partition coefficient (Wildman–Crippen LogP) is 2.63. The normalized spacial score (nSPS) is 11.9. The molecule has 3 nitrogen and oxygen atoms in total. The summed E-state index contributed by atoms with van der Waals surface area (Å²) < 4.78 is 0. The summed E-state index contributed by atoms with van der Waals surface area (Å²) in [5, 5.41) is 2.69. The summed E-state index contributed by atoms with van der Waals surface area (Å²) in [7, 11) is 1.67. The zero-order valence-corrected chi connectivity index (χ0v) is 10.2. The first-order chi connectivity index (χ1) is 7.69. The van der Waals surface area contributed by atoms with Gasteiger partial charge in [-0.05, 0) is 18.9 Å². The van der Waals surface area contributed by atoms with Crippen LogP contribution in [0.4, 0.5) is 4.79 Å². The molecule has 2 amide bonds. The van der Waals surface area contributed by atoms with Crippen LogP contribution < -0.4 is 5.32 Å². The van der Waals surface area contributed by atoms with Gasteiger partial charge < -0.3 is 10.2 Å². The lowest BCUT2D eigenvalue weighted by Gasteiger charge is -2.28. The number of carbonyl (C=O) groups is 1. The molecule has 0 fully saturated rings. The molecule has 0 aliphatic heterocycles. The first-order valence-corrected chi connectivity index (χ1v) is 5.71. The van der Waals surface area contributed by atoms with Gasteiger partial charge in [0.05, 0.1) is 0 Å². The molecule has 0 saturated carbocycles. The van der Waals surface area contributed by atoms with Crippen molar-refractivity contribution in [2.45, 2.75) is 32.9 Å². The largest absolute Gasteiger partial charge is 0.341 e. The molecule has 0 aliphatic rings. The van der Waals surface area contributed by atoms with Crippen LogP contribution in [0.1, 0.15) is 25.8 Å². The van der Waals surface area contributed by atoms with Crippen LogP contribution in [-0.2, 0) is 6.54 Å². The van der Waals surface area contributed by atoms with Crippen LogP contribution in [-0.4, -0.2) is 24.0 Å². The molecule has 0 bridgehead atoms. The monoisotopic (exact) mass is 220 g/mol. The van der Waals surface area contributed by atoms with Crippen LogP contribution in [0.5, 0.6) is 0 Å². The number of urea groups is 1. The molecule has 0 heterocycles. The Morgan fingerprint density at radius 1 is 1.38 bits per heavy atom. The number of amides is 2. The summed E-state index contributed by atoms with van der Waals surface area (Å²) >= 11 is 0. The number of hydrogen-bond donors (Lipinski definition) is 1. The van der Waals surface area contributed by atoms with E-state index in [2.05, 4.69) is 19.2 Å². The van der Waals surface area contributed by atoms with E-state index in [-0.39, 0.29) is 12.1 Å². The maximum absolute atomic E-state index is 11.7. The maximum atomic E-state index is 11.7. The van der Waals surface area contributed by atoms with Crippen molar-refractivity contribution in [1.82, 2.24) is 10.2 Å². The minimum atomic E-state index is -0.0156. The molecule has 0 saturated heterocycles. The molecule has 1 aromatic carbocycles. The second-order valence-electron chi connectivity index (χ2n) is 3.93. The molecule has 0 spiro atoms. The van der Waals surface area contributed by atoms with E-state index in [0.29, 0.717) is 6.54 Å². The van der Waals surface area contributed by atoms with Gasteiger partial charge in [-0.15, -0.1) is 0 Å². The number of carbonyl (C=O) groups excluding carboxylic acids is 1. The van der Waals surface area contributed by atoms with Gasteiger partial charge in [0.25, 0.3) is 0 Å². The quantitative estimate of drug-likeness (QED) is 0.831. The van der Waals surface area contributed by atoms with E-state index >= 15 is 0 Å². The SMILES string of the molecule is CCC(C)N(Cc1ccccc1)C(=O)NC. The number of benzene rings is 1. The van der Waals surface area contributed by atoms with Crippen LogP contribution in [0.25, 0.3) is 0 Å². The van der Waals surface area contributed by atoms with E-state index in [1.807, 2.05) is 35.2 Å². The van der Waals surface area contributed by atoms with Crippen molar-refractivity contribution >= 4 is 6.03 Å². The fraction of sp³-hybridized carbons (Fsp3) is 0.462. The summed E-state index contributed by atoms with van der Waals surface area (Å²) in [5.74, 6) is 0. The Morgan fingerprint density at radius 2 is 2.00 bits per heavy atom.